The molecule has 5 heteroatoms. The Balaban J connectivity index is 1.86. The topological polar surface area (TPSA) is 75.0 Å². The van der Waals surface area contributed by atoms with Crippen molar-refractivity contribution >= 4 is 22.8 Å². The number of H-pyrrole nitrogens is 1. The molecular weight excluding hydrogens is 228 g/mol. The quantitative estimate of drug-likeness (QED) is 0.835. The third-order valence-corrected chi connectivity index (χ3v) is 3.54. The van der Waals surface area contributed by atoms with Crippen molar-refractivity contribution in [1.29, 1.82) is 0 Å². The minimum atomic E-state index is -0.208. The molecule has 3 N–H and O–H groups in total. The maximum absolute atomic E-state index is 11.3. The van der Waals surface area contributed by atoms with Crippen LogP contribution in [0.1, 0.15) is 12.8 Å². The summed E-state index contributed by atoms with van der Waals surface area (Å²) in [7, 11) is 0. The summed E-state index contributed by atoms with van der Waals surface area (Å²) in [6, 6.07) is 6.04. The largest absolute Gasteiger partial charge is 0.369 e. The highest BCUT2D eigenvalue weighted by atomic mass is 16.1. The summed E-state index contributed by atoms with van der Waals surface area (Å²) in [5.74, 6) is 0.649. The molecule has 5 nitrogen and oxygen atoms in total. The number of carbonyl (C=O) groups is 1. The van der Waals surface area contributed by atoms with E-state index in [4.69, 9.17) is 5.73 Å². The van der Waals surface area contributed by atoms with E-state index >= 15 is 0 Å². The highest BCUT2D eigenvalue weighted by Gasteiger charge is 2.24. The van der Waals surface area contributed by atoms with Gasteiger partial charge in [-0.15, -0.1) is 0 Å². The number of primary amides is 1. The van der Waals surface area contributed by atoms with Crippen LogP contribution in [0.5, 0.6) is 0 Å². The molecule has 1 aliphatic heterocycles. The third-order valence-electron chi connectivity index (χ3n) is 3.54. The Kier molecular flexibility index (Phi) is 2.66. The molecule has 94 valence electrons. The van der Waals surface area contributed by atoms with Gasteiger partial charge in [0.2, 0.25) is 5.91 Å². The lowest BCUT2D eigenvalue weighted by Gasteiger charge is -2.32. The number of nitrogens with two attached hydrogens (primary N) is 1. The second-order valence-electron chi connectivity index (χ2n) is 4.77. The first-order valence-corrected chi connectivity index (χ1v) is 6.22. The number of rotatable bonds is 2. The summed E-state index contributed by atoms with van der Waals surface area (Å²) in [4.78, 5) is 21.1. The number of nitrogens with zero attached hydrogens (tertiary/aromatic N) is 2. The summed E-state index contributed by atoms with van der Waals surface area (Å²) >= 11 is 0. The Labute approximate surface area is 105 Å². The molecule has 1 saturated heterocycles. The molecule has 1 aliphatic rings. The van der Waals surface area contributed by atoms with Crippen LogP contribution < -0.4 is 10.6 Å². The van der Waals surface area contributed by atoms with Gasteiger partial charge in [0.15, 0.2) is 0 Å². The van der Waals surface area contributed by atoms with Crippen molar-refractivity contribution in [2.75, 3.05) is 18.0 Å². The minimum Gasteiger partial charge on any atom is -0.369 e. The SMILES string of the molecule is NC(=O)C1CCCN(c2ccc3cc[nH]c3n2)C1. The lowest BCUT2D eigenvalue weighted by Crippen LogP contribution is -2.41. The van der Waals surface area contributed by atoms with E-state index < -0.39 is 0 Å². The molecule has 0 spiro atoms. The van der Waals surface area contributed by atoms with Crippen LogP contribution in [0, 0.1) is 5.92 Å². The first-order chi connectivity index (χ1) is 8.74. The fourth-order valence-corrected chi connectivity index (χ4v) is 2.51. The van der Waals surface area contributed by atoms with Crippen molar-refractivity contribution in [2.24, 2.45) is 11.7 Å². The molecule has 3 heterocycles. The zero-order valence-electron chi connectivity index (χ0n) is 10.1. The lowest BCUT2D eigenvalue weighted by atomic mass is 9.97. The molecule has 3 rings (SSSR count). The van der Waals surface area contributed by atoms with Gasteiger partial charge in [0, 0.05) is 24.7 Å². The molecule has 2 aromatic heterocycles. The number of nitrogens with one attached hydrogen (secondary N) is 1. The number of aromatic nitrogens is 2. The average Bonchev–Trinajstić information content (AvgIpc) is 2.86. The first-order valence-electron chi connectivity index (χ1n) is 6.22. The lowest BCUT2D eigenvalue weighted by molar-refractivity contribution is -0.122. The molecular formula is C13H16N4O. The summed E-state index contributed by atoms with van der Waals surface area (Å²) in [5, 5.41) is 1.10. The van der Waals surface area contributed by atoms with Crippen molar-refractivity contribution in [3.8, 4) is 0 Å². The average molecular weight is 244 g/mol. The predicted octanol–water partition coefficient (Wildman–Crippen LogP) is 1.26. The van der Waals surface area contributed by atoms with Gasteiger partial charge in [0.05, 0.1) is 5.92 Å². The Bertz CT molecular complexity index is 577. The monoisotopic (exact) mass is 244 g/mol. The Morgan fingerprint density at radius 3 is 3.17 bits per heavy atom. The first kappa shape index (κ1) is 11.1. The van der Waals surface area contributed by atoms with E-state index in [2.05, 4.69) is 14.9 Å². The van der Waals surface area contributed by atoms with Crippen LogP contribution in [0.3, 0.4) is 0 Å². The van der Waals surface area contributed by atoms with Crippen LogP contribution in [0.4, 0.5) is 5.82 Å². The number of fused-ring (bicyclic) bond motifs is 1. The zero-order valence-corrected chi connectivity index (χ0v) is 10.1. The van der Waals surface area contributed by atoms with Gasteiger partial charge >= 0.3 is 0 Å². The van der Waals surface area contributed by atoms with Crippen LogP contribution in [-0.2, 0) is 4.79 Å². The number of hydrogen-bond acceptors (Lipinski definition) is 3. The van der Waals surface area contributed by atoms with Gasteiger partial charge in [-0.2, -0.15) is 0 Å². The van der Waals surface area contributed by atoms with E-state index in [9.17, 15) is 4.79 Å². The van der Waals surface area contributed by atoms with Crippen molar-refractivity contribution in [1.82, 2.24) is 9.97 Å². The second-order valence-corrected chi connectivity index (χ2v) is 4.77. The van der Waals surface area contributed by atoms with Gasteiger partial charge in [0.25, 0.3) is 0 Å². The summed E-state index contributed by atoms with van der Waals surface area (Å²) in [6.07, 6.45) is 3.75. The number of amides is 1. The predicted molar refractivity (Wildman–Crippen MR) is 70.2 cm³/mol. The van der Waals surface area contributed by atoms with Crippen molar-refractivity contribution < 1.29 is 4.79 Å². The Hall–Kier alpha value is -2.04. The molecule has 0 aliphatic carbocycles. The summed E-state index contributed by atoms with van der Waals surface area (Å²) in [6.45, 7) is 1.61. The molecule has 0 saturated carbocycles. The number of aromatic amines is 1. The van der Waals surface area contributed by atoms with Crippen molar-refractivity contribution in [2.45, 2.75) is 12.8 Å². The fraction of sp³-hybridized carbons (Fsp3) is 0.385. The molecule has 1 amide bonds. The van der Waals surface area contributed by atoms with E-state index in [1.165, 1.54) is 0 Å². The van der Waals surface area contributed by atoms with Gasteiger partial charge in [-0.05, 0) is 31.0 Å². The van der Waals surface area contributed by atoms with E-state index in [1.807, 2.05) is 24.4 Å². The van der Waals surface area contributed by atoms with Crippen molar-refractivity contribution in [3.05, 3.63) is 24.4 Å². The normalized spacial score (nSPS) is 20.2. The Morgan fingerprint density at radius 2 is 2.33 bits per heavy atom. The number of carbonyl (C=O) groups excluding carboxylic acids is 1. The van der Waals surface area contributed by atoms with Crippen LogP contribution in [0.25, 0.3) is 11.0 Å². The van der Waals surface area contributed by atoms with Gasteiger partial charge in [-0.1, -0.05) is 0 Å². The number of hydrogen-bond donors (Lipinski definition) is 2. The highest BCUT2D eigenvalue weighted by Crippen LogP contribution is 2.23. The van der Waals surface area contributed by atoms with Crippen LogP contribution in [0.15, 0.2) is 24.4 Å². The van der Waals surface area contributed by atoms with E-state index in [0.29, 0.717) is 6.54 Å². The van der Waals surface area contributed by atoms with Gasteiger partial charge in [-0.25, -0.2) is 4.98 Å². The summed E-state index contributed by atoms with van der Waals surface area (Å²) < 4.78 is 0. The molecule has 1 unspecified atom stereocenters. The van der Waals surface area contributed by atoms with E-state index in [0.717, 1.165) is 36.2 Å². The van der Waals surface area contributed by atoms with Crippen LogP contribution >= 0.6 is 0 Å². The maximum Gasteiger partial charge on any atom is 0.222 e. The molecule has 0 radical (unpaired) electrons. The standard InChI is InChI=1S/C13H16N4O/c14-12(18)10-2-1-7-17(8-10)11-4-3-9-5-6-15-13(9)16-11/h3-6,10H,1-2,7-8H2,(H2,14,18)(H,15,16). The molecule has 18 heavy (non-hydrogen) atoms. The maximum atomic E-state index is 11.3. The molecule has 2 aromatic rings. The highest BCUT2D eigenvalue weighted by molar-refractivity contribution is 5.79. The number of pyridine rings is 1. The molecule has 0 bridgehead atoms. The van der Waals surface area contributed by atoms with Crippen molar-refractivity contribution in [3.63, 3.8) is 0 Å². The number of piperidine rings is 1. The molecule has 0 aromatic carbocycles. The molecule has 1 atom stereocenters. The van der Waals surface area contributed by atoms with Gasteiger partial charge in [-0.3, -0.25) is 4.79 Å². The second kappa shape index (κ2) is 4.33. The smallest absolute Gasteiger partial charge is 0.222 e. The van der Waals surface area contributed by atoms with Gasteiger partial charge < -0.3 is 15.6 Å². The van der Waals surface area contributed by atoms with Crippen LogP contribution in [0.2, 0.25) is 0 Å². The van der Waals surface area contributed by atoms with E-state index in [1.54, 1.807) is 0 Å². The fourth-order valence-electron chi connectivity index (χ4n) is 2.51. The zero-order chi connectivity index (χ0) is 12.5. The van der Waals surface area contributed by atoms with Crippen LogP contribution in [-0.4, -0.2) is 29.0 Å². The third kappa shape index (κ3) is 1.92. The minimum absolute atomic E-state index is 0.0557. The molecule has 1 fully saturated rings. The Morgan fingerprint density at radius 1 is 1.44 bits per heavy atom. The van der Waals surface area contributed by atoms with E-state index in [-0.39, 0.29) is 11.8 Å². The number of anilines is 1. The summed E-state index contributed by atoms with van der Waals surface area (Å²) in [5.41, 5.74) is 6.27. The van der Waals surface area contributed by atoms with Gasteiger partial charge in [0.1, 0.15) is 11.5 Å².